The maximum absolute atomic E-state index is 12.2. The van der Waals surface area contributed by atoms with E-state index in [-0.39, 0.29) is 25.4 Å². The van der Waals surface area contributed by atoms with E-state index in [2.05, 4.69) is 99.6 Å². The normalized spacial score (nSPS) is 11.2. The molecule has 12 aromatic carbocycles. The number of aliphatic hydroxyl groups excluding tert-OH is 1. The van der Waals surface area contributed by atoms with Gasteiger partial charge >= 0.3 is 0 Å². The number of nitrogens with zero attached hydrogens (tertiary/aromatic N) is 6. The summed E-state index contributed by atoms with van der Waals surface area (Å²) >= 11 is 0. The molecule has 12 nitrogen and oxygen atoms in total. The monoisotopic (exact) mass is 1230 g/mol. The minimum Gasteiger partial charge on any atom is -0.497 e. The van der Waals surface area contributed by atoms with Gasteiger partial charge in [-0.05, 0) is 174 Å². The molecule has 0 heterocycles. The Morgan fingerprint density at radius 2 is 0.848 bits per heavy atom. The first kappa shape index (κ1) is 66.4. The van der Waals surface area contributed by atoms with Crippen LogP contribution in [0.25, 0.3) is 60.1 Å². The van der Waals surface area contributed by atoms with Crippen LogP contribution in [0.15, 0.2) is 231 Å². The molecule has 12 aromatic rings. The minimum atomic E-state index is -2.66. The lowest BCUT2D eigenvalue weighted by Crippen LogP contribution is -2.09. The highest BCUT2D eigenvalue weighted by atomic mass is 31.2. The predicted octanol–water partition coefficient (Wildman–Crippen LogP) is 19.6. The smallest absolute Gasteiger partial charge is 0.202 e. The molecule has 454 valence electrons. The minimum absolute atomic E-state index is 0. The third-order valence-corrected chi connectivity index (χ3v) is 17.1. The van der Waals surface area contributed by atoms with Crippen molar-refractivity contribution in [1.29, 1.82) is 15.8 Å². The summed E-state index contributed by atoms with van der Waals surface area (Å²) in [5.74, 6) is 1.63. The summed E-state index contributed by atoms with van der Waals surface area (Å²) in [4.78, 5) is 19.1. The van der Waals surface area contributed by atoms with E-state index in [1.54, 1.807) is 20.9 Å². The summed E-state index contributed by atoms with van der Waals surface area (Å²) in [6.07, 6.45) is 4.88. The summed E-state index contributed by atoms with van der Waals surface area (Å²) in [6, 6.07) is 82.3. The van der Waals surface area contributed by atoms with E-state index in [4.69, 9.17) is 16.0 Å². The third-order valence-electron chi connectivity index (χ3n) is 15.5. The highest BCUT2D eigenvalue weighted by molar-refractivity contribution is 7.62. The molecule has 0 spiro atoms. The standard InChI is InChI=1S/C38H27N3O.C20H17N2O2P.C20H17NO2.CH4.H2O/c1-26-9-21-34-35(23-26)37(25-39)33-22-14-28(24-36(33)38(34)40-2)11-10-27-12-15-30(16-13-27)41(29-7-5-4-6-8-29)31-17-19-32(42-3)20-18-31;1-13-3-5-15-17(7-13)19(9-21)16-6-4-14(11-25(2,24)12-23)8-18(16)20(15)10-22;1-23-20-13-11-19(12-14-20)21(17-5-3-2-4-6-17)18-9-7-16(15-22)8-10-18;;/h4-24H,1,3H3;3-8,23H,11-12H2,1-2H3;2-15H,1H3;1H4;1H2. The Kier molecular flexibility index (Phi) is 21.7. The molecule has 0 fully saturated rings. The number of aliphatic hydroxyl groups is 1. The number of carbonyl (C=O) groups excluding carboxylic acids is 1. The molecule has 1 atom stereocenters. The van der Waals surface area contributed by atoms with Crippen LogP contribution in [0.4, 0.5) is 39.8 Å². The van der Waals surface area contributed by atoms with Gasteiger partial charge in [-0.2, -0.15) is 15.8 Å². The number of ether oxygens (including phenoxy) is 2. The molecule has 12 rings (SSSR count). The van der Waals surface area contributed by atoms with Crippen LogP contribution in [0, 0.1) is 54.4 Å². The molecule has 0 aliphatic rings. The first-order chi connectivity index (χ1) is 43.8. The number of rotatable bonds is 14. The van der Waals surface area contributed by atoms with E-state index in [0.717, 1.165) is 117 Å². The number of hydrogen-bond acceptors (Lipinski definition) is 10. The second-order valence-electron chi connectivity index (χ2n) is 21.7. The number of carbonyl (C=O) groups is 1. The molecular weight excluding hydrogens is 1160 g/mol. The zero-order chi connectivity index (χ0) is 63.3. The molecule has 0 aliphatic heterocycles. The highest BCUT2D eigenvalue weighted by Crippen LogP contribution is 2.45. The van der Waals surface area contributed by atoms with Crippen LogP contribution in [0.5, 0.6) is 11.5 Å². The van der Waals surface area contributed by atoms with Gasteiger partial charge in [-0.1, -0.05) is 146 Å². The predicted molar refractivity (Wildman–Crippen MR) is 377 cm³/mol. The fourth-order valence-corrected chi connectivity index (χ4v) is 12.1. The Labute approximate surface area is 537 Å². The Bertz CT molecular complexity index is 4880. The van der Waals surface area contributed by atoms with E-state index >= 15 is 0 Å². The molecule has 0 radical (unpaired) electrons. The molecule has 0 amide bonds. The topological polar surface area (TPSA) is 187 Å². The van der Waals surface area contributed by atoms with Gasteiger partial charge in [0.05, 0.1) is 43.8 Å². The van der Waals surface area contributed by atoms with Crippen LogP contribution in [0.1, 0.15) is 62.3 Å². The van der Waals surface area contributed by atoms with E-state index in [1.165, 1.54) is 0 Å². The van der Waals surface area contributed by atoms with Gasteiger partial charge < -0.3 is 34.4 Å². The van der Waals surface area contributed by atoms with E-state index in [1.807, 2.05) is 190 Å². The van der Waals surface area contributed by atoms with Crippen LogP contribution >= 0.6 is 7.14 Å². The number of methoxy groups -OCH3 is 2. The Balaban J connectivity index is 0.000000188. The van der Waals surface area contributed by atoms with Crippen molar-refractivity contribution < 1.29 is 29.4 Å². The van der Waals surface area contributed by atoms with Crippen molar-refractivity contribution in [3.8, 4) is 29.7 Å². The van der Waals surface area contributed by atoms with Crippen molar-refractivity contribution in [2.24, 2.45) is 0 Å². The van der Waals surface area contributed by atoms with Gasteiger partial charge in [0, 0.05) is 67.4 Å². The third kappa shape index (κ3) is 14.6. The summed E-state index contributed by atoms with van der Waals surface area (Å²) in [5, 5.41) is 44.8. The Morgan fingerprint density at radius 3 is 1.28 bits per heavy atom. The van der Waals surface area contributed by atoms with Crippen molar-refractivity contribution in [2.45, 2.75) is 27.4 Å². The number of nitriles is 3. The van der Waals surface area contributed by atoms with Crippen LogP contribution in [-0.2, 0) is 10.7 Å². The Hall–Kier alpha value is -11.6. The first-order valence-corrected chi connectivity index (χ1v) is 31.4. The van der Waals surface area contributed by atoms with Gasteiger partial charge in [-0.25, -0.2) is 4.85 Å². The van der Waals surface area contributed by atoms with Gasteiger partial charge in [0.2, 0.25) is 5.69 Å². The van der Waals surface area contributed by atoms with Gasteiger partial charge in [0.15, 0.2) is 0 Å². The second kappa shape index (κ2) is 30.1. The van der Waals surface area contributed by atoms with E-state index < -0.39 is 7.14 Å². The maximum Gasteiger partial charge on any atom is 0.202 e. The molecule has 0 bridgehead atoms. The van der Waals surface area contributed by atoms with Crippen molar-refractivity contribution in [1.82, 2.24) is 0 Å². The average Bonchev–Trinajstić information content (AvgIpc) is 0.764. The SMILES string of the molecule is C.COc1ccc(N(c2ccccc2)c2ccc(C=O)cc2)cc1.Cc1ccc2c(C#N)c3cc(CP(C)(=O)CO)ccc3c(C#N)c2c1.O.[C-]#[N+]c1c2ccc(C)cc2c(C#N)c2ccc(C=Cc3ccc(N(c4ccccc4)c4ccc(OC)cc4)cc3)cc12. The molecule has 0 saturated heterocycles. The van der Waals surface area contributed by atoms with Gasteiger partial charge in [0.25, 0.3) is 0 Å². The summed E-state index contributed by atoms with van der Waals surface area (Å²) in [5.41, 5.74) is 14.0. The van der Waals surface area contributed by atoms with E-state index in [9.17, 15) is 30.3 Å². The number of para-hydroxylation sites is 2. The van der Waals surface area contributed by atoms with Crippen molar-refractivity contribution in [2.75, 3.05) is 37.0 Å². The zero-order valence-electron chi connectivity index (χ0n) is 50.8. The zero-order valence-corrected chi connectivity index (χ0v) is 51.7. The number of aldehydes is 1. The van der Waals surface area contributed by atoms with Crippen molar-refractivity contribution in [3.05, 3.63) is 292 Å². The Morgan fingerprint density at radius 1 is 0.478 bits per heavy atom. The lowest BCUT2D eigenvalue weighted by molar-refractivity contribution is 0.112. The number of anilines is 6. The van der Waals surface area contributed by atoms with Crippen LogP contribution in [0.3, 0.4) is 0 Å². The molecule has 13 heteroatoms. The van der Waals surface area contributed by atoms with Crippen LogP contribution < -0.4 is 19.3 Å². The number of benzene rings is 12. The van der Waals surface area contributed by atoms with Gasteiger partial charge in [-0.15, -0.1) is 0 Å². The molecule has 3 N–H and O–H groups in total. The maximum atomic E-state index is 12.2. The molecule has 1 unspecified atom stereocenters. The lowest BCUT2D eigenvalue weighted by Gasteiger charge is -2.25. The van der Waals surface area contributed by atoms with Crippen molar-refractivity contribution in [3.63, 3.8) is 0 Å². The largest absolute Gasteiger partial charge is 0.497 e. The molecule has 0 aromatic heterocycles. The first-order valence-electron chi connectivity index (χ1n) is 28.9. The van der Waals surface area contributed by atoms with Crippen LogP contribution in [-0.4, -0.2) is 44.1 Å². The fourth-order valence-electron chi connectivity index (χ4n) is 11.0. The molecule has 0 aliphatic carbocycles. The molecular formula is C79H67N6O6P. The number of fused-ring (bicyclic) bond motifs is 4. The molecule has 92 heavy (non-hydrogen) atoms. The van der Waals surface area contributed by atoms with Gasteiger partial charge in [-0.3, -0.25) is 4.79 Å². The van der Waals surface area contributed by atoms with Gasteiger partial charge in [0.1, 0.15) is 43.1 Å². The van der Waals surface area contributed by atoms with Crippen LogP contribution in [0.2, 0.25) is 0 Å². The summed E-state index contributed by atoms with van der Waals surface area (Å²) in [6.45, 7) is 13.4. The summed E-state index contributed by atoms with van der Waals surface area (Å²) < 4.78 is 22.8. The average molecular weight is 1230 g/mol. The quantitative estimate of drug-likeness (QED) is 0.0361. The highest BCUT2D eigenvalue weighted by Gasteiger charge is 2.20. The lowest BCUT2D eigenvalue weighted by atomic mass is 9.91. The molecule has 0 saturated carbocycles. The van der Waals surface area contributed by atoms with Crippen molar-refractivity contribution >= 4 is 108 Å². The summed E-state index contributed by atoms with van der Waals surface area (Å²) in [7, 11) is 0.663. The number of hydrogen-bond donors (Lipinski definition) is 1. The second-order valence-corrected chi connectivity index (χ2v) is 24.9. The van der Waals surface area contributed by atoms with E-state index in [0.29, 0.717) is 33.3 Å². The fraction of sp³-hybridized carbons (Fsp3) is 0.101. The number of aryl methyl sites for hydroxylation is 2.